The number of halogens is 1. The Labute approximate surface area is 118 Å². The highest BCUT2D eigenvalue weighted by Crippen LogP contribution is 2.39. The summed E-state index contributed by atoms with van der Waals surface area (Å²) in [4.78, 5) is 2.67. The first kappa shape index (κ1) is 12.6. The van der Waals surface area contributed by atoms with E-state index in [4.69, 9.17) is 5.73 Å². The molecule has 2 aliphatic carbocycles. The van der Waals surface area contributed by atoms with Crippen molar-refractivity contribution >= 4 is 15.9 Å². The summed E-state index contributed by atoms with van der Waals surface area (Å²) in [7, 11) is 0. The minimum Gasteiger partial charge on any atom is -0.329 e. The van der Waals surface area contributed by atoms with Crippen LogP contribution in [-0.2, 0) is 0 Å². The lowest BCUT2D eigenvalue weighted by Crippen LogP contribution is -2.37. The highest BCUT2D eigenvalue weighted by molar-refractivity contribution is 9.10. The maximum Gasteiger partial charge on any atom is 0.0473 e. The van der Waals surface area contributed by atoms with E-state index in [1.165, 1.54) is 37.8 Å². The van der Waals surface area contributed by atoms with E-state index in [2.05, 4.69) is 45.1 Å². The van der Waals surface area contributed by atoms with E-state index >= 15 is 0 Å². The lowest BCUT2D eigenvalue weighted by atomic mass is 10.0. The highest BCUT2D eigenvalue weighted by Gasteiger charge is 2.37. The third-order valence-corrected chi connectivity index (χ3v) is 4.59. The lowest BCUT2D eigenvalue weighted by molar-refractivity contribution is 0.183. The molecule has 2 N–H and O–H groups in total. The zero-order valence-electron chi connectivity index (χ0n) is 10.7. The SMILES string of the molecule is NCC(c1ccc(Br)cc1)N(CC1CC1)C1CC1. The van der Waals surface area contributed by atoms with Gasteiger partial charge in [-0.15, -0.1) is 0 Å². The van der Waals surface area contributed by atoms with Gasteiger partial charge in [0, 0.05) is 29.6 Å². The van der Waals surface area contributed by atoms with Crippen LogP contribution in [0.1, 0.15) is 37.3 Å². The first-order chi connectivity index (χ1) is 8.78. The maximum atomic E-state index is 6.05. The van der Waals surface area contributed by atoms with Crippen molar-refractivity contribution in [3.63, 3.8) is 0 Å². The Kier molecular flexibility index (Phi) is 3.73. The number of hydrogen-bond acceptors (Lipinski definition) is 2. The van der Waals surface area contributed by atoms with Crippen LogP contribution in [-0.4, -0.2) is 24.0 Å². The molecule has 0 amide bonds. The van der Waals surface area contributed by atoms with Crippen molar-refractivity contribution in [2.24, 2.45) is 11.7 Å². The normalized spacial score (nSPS) is 21.3. The van der Waals surface area contributed by atoms with Crippen LogP contribution in [0.25, 0.3) is 0 Å². The topological polar surface area (TPSA) is 29.3 Å². The van der Waals surface area contributed by atoms with Gasteiger partial charge in [-0.3, -0.25) is 4.90 Å². The third kappa shape index (κ3) is 2.95. The predicted octanol–water partition coefficient (Wildman–Crippen LogP) is 3.32. The summed E-state index contributed by atoms with van der Waals surface area (Å²) >= 11 is 3.50. The summed E-state index contributed by atoms with van der Waals surface area (Å²) in [6.07, 6.45) is 5.56. The van der Waals surface area contributed by atoms with E-state index in [-0.39, 0.29) is 0 Å². The van der Waals surface area contributed by atoms with E-state index in [9.17, 15) is 0 Å². The monoisotopic (exact) mass is 308 g/mol. The summed E-state index contributed by atoms with van der Waals surface area (Å²) in [5.41, 5.74) is 7.42. The van der Waals surface area contributed by atoms with Crippen LogP contribution in [0.2, 0.25) is 0 Å². The van der Waals surface area contributed by atoms with E-state index < -0.39 is 0 Å². The molecule has 0 radical (unpaired) electrons. The highest BCUT2D eigenvalue weighted by atomic mass is 79.9. The molecule has 2 saturated carbocycles. The molecule has 3 heteroatoms. The van der Waals surface area contributed by atoms with Gasteiger partial charge in [0.05, 0.1) is 0 Å². The average Bonchev–Trinajstić information content (AvgIpc) is 3.25. The standard InChI is InChI=1S/C15H21BrN2/c16-13-5-3-12(4-6-13)15(9-17)18(14-7-8-14)10-11-1-2-11/h3-6,11,14-15H,1-2,7-10,17H2. The second-order valence-electron chi connectivity index (χ2n) is 5.67. The fourth-order valence-corrected chi connectivity index (χ4v) is 2.95. The largest absolute Gasteiger partial charge is 0.329 e. The molecule has 1 aromatic rings. The van der Waals surface area contributed by atoms with Gasteiger partial charge in [-0.25, -0.2) is 0 Å². The molecule has 0 heterocycles. The Bertz CT molecular complexity index is 395. The molecule has 2 fully saturated rings. The zero-order valence-corrected chi connectivity index (χ0v) is 12.3. The van der Waals surface area contributed by atoms with Gasteiger partial charge in [-0.2, -0.15) is 0 Å². The summed E-state index contributed by atoms with van der Waals surface area (Å²) in [6.45, 7) is 1.98. The Morgan fingerprint density at radius 3 is 2.33 bits per heavy atom. The molecule has 1 unspecified atom stereocenters. The van der Waals surface area contributed by atoms with Gasteiger partial charge in [-0.05, 0) is 49.3 Å². The Hall–Kier alpha value is -0.380. The first-order valence-electron chi connectivity index (χ1n) is 6.99. The predicted molar refractivity (Wildman–Crippen MR) is 78.4 cm³/mol. The molecule has 2 nitrogen and oxygen atoms in total. The number of nitrogens with two attached hydrogens (primary N) is 1. The van der Waals surface area contributed by atoms with Crippen LogP contribution in [0.15, 0.2) is 28.7 Å². The maximum absolute atomic E-state index is 6.05. The van der Waals surface area contributed by atoms with Crippen molar-refractivity contribution in [1.82, 2.24) is 4.90 Å². The molecule has 0 aromatic heterocycles. The fourth-order valence-electron chi connectivity index (χ4n) is 2.68. The van der Waals surface area contributed by atoms with Crippen molar-refractivity contribution in [3.8, 4) is 0 Å². The molecule has 0 aliphatic heterocycles. The van der Waals surface area contributed by atoms with Gasteiger partial charge < -0.3 is 5.73 Å². The summed E-state index contributed by atoms with van der Waals surface area (Å²) in [5, 5.41) is 0. The van der Waals surface area contributed by atoms with Gasteiger partial charge in [-0.1, -0.05) is 28.1 Å². The van der Waals surface area contributed by atoms with Crippen molar-refractivity contribution in [2.45, 2.75) is 37.8 Å². The van der Waals surface area contributed by atoms with Crippen LogP contribution < -0.4 is 5.73 Å². The minimum absolute atomic E-state index is 0.409. The second kappa shape index (κ2) is 5.32. The molecule has 2 aliphatic rings. The number of benzene rings is 1. The lowest BCUT2D eigenvalue weighted by Gasteiger charge is -2.31. The molecular formula is C15H21BrN2. The summed E-state index contributed by atoms with van der Waals surface area (Å²) < 4.78 is 1.14. The number of rotatable bonds is 6. The van der Waals surface area contributed by atoms with Gasteiger partial charge in [0.1, 0.15) is 0 Å². The Morgan fingerprint density at radius 2 is 1.83 bits per heavy atom. The zero-order chi connectivity index (χ0) is 12.5. The van der Waals surface area contributed by atoms with Crippen molar-refractivity contribution in [1.29, 1.82) is 0 Å². The molecule has 0 bridgehead atoms. The van der Waals surface area contributed by atoms with Crippen molar-refractivity contribution < 1.29 is 0 Å². The fraction of sp³-hybridized carbons (Fsp3) is 0.600. The van der Waals surface area contributed by atoms with E-state index in [1.807, 2.05) is 0 Å². The molecule has 1 atom stereocenters. The summed E-state index contributed by atoms with van der Waals surface area (Å²) in [6, 6.07) is 9.88. The van der Waals surface area contributed by atoms with Crippen LogP contribution in [0.5, 0.6) is 0 Å². The number of hydrogen-bond donors (Lipinski definition) is 1. The van der Waals surface area contributed by atoms with Crippen molar-refractivity contribution in [2.75, 3.05) is 13.1 Å². The quantitative estimate of drug-likeness (QED) is 0.873. The van der Waals surface area contributed by atoms with Crippen LogP contribution >= 0.6 is 15.9 Å². The molecule has 18 heavy (non-hydrogen) atoms. The minimum atomic E-state index is 0.409. The molecule has 1 aromatic carbocycles. The van der Waals surface area contributed by atoms with Gasteiger partial charge in [0.2, 0.25) is 0 Å². The number of nitrogens with zero attached hydrogens (tertiary/aromatic N) is 1. The molecule has 3 rings (SSSR count). The van der Waals surface area contributed by atoms with Crippen molar-refractivity contribution in [3.05, 3.63) is 34.3 Å². The van der Waals surface area contributed by atoms with Crippen LogP contribution in [0, 0.1) is 5.92 Å². The molecular weight excluding hydrogens is 288 g/mol. The van der Waals surface area contributed by atoms with Crippen LogP contribution in [0.4, 0.5) is 0 Å². The third-order valence-electron chi connectivity index (χ3n) is 4.06. The summed E-state index contributed by atoms with van der Waals surface area (Å²) in [5.74, 6) is 0.940. The van der Waals surface area contributed by atoms with Crippen LogP contribution in [0.3, 0.4) is 0 Å². The molecule has 0 spiro atoms. The van der Waals surface area contributed by atoms with E-state index in [0.29, 0.717) is 6.04 Å². The Morgan fingerprint density at radius 1 is 1.17 bits per heavy atom. The van der Waals surface area contributed by atoms with Gasteiger partial charge >= 0.3 is 0 Å². The molecule has 0 saturated heterocycles. The van der Waals surface area contributed by atoms with Gasteiger partial charge in [0.15, 0.2) is 0 Å². The second-order valence-corrected chi connectivity index (χ2v) is 6.59. The first-order valence-corrected chi connectivity index (χ1v) is 7.78. The van der Waals surface area contributed by atoms with E-state index in [1.54, 1.807) is 0 Å². The average molecular weight is 309 g/mol. The van der Waals surface area contributed by atoms with Gasteiger partial charge in [0.25, 0.3) is 0 Å². The van der Waals surface area contributed by atoms with E-state index in [0.717, 1.165) is 23.0 Å². The Balaban J connectivity index is 1.77. The molecule has 98 valence electrons. The smallest absolute Gasteiger partial charge is 0.0473 e.